The van der Waals surface area contributed by atoms with Crippen molar-refractivity contribution in [2.45, 2.75) is 38.6 Å². The van der Waals surface area contributed by atoms with Crippen molar-refractivity contribution in [1.82, 2.24) is 10.6 Å². The summed E-state index contributed by atoms with van der Waals surface area (Å²) in [6, 6.07) is 0. The molecule has 2 aliphatic rings. The van der Waals surface area contributed by atoms with Gasteiger partial charge in [-0.25, -0.2) is 0 Å². The van der Waals surface area contributed by atoms with E-state index >= 15 is 0 Å². The van der Waals surface area contributed by atoms with Crippen LogP contribution in [0.2, 0.25) is 0 Å². The summed E-state index contributed by atoms with van der Waals surface area (Å²) in [6.07, 6.45) is 3.06. The number of carbonyl (C=O) groups is 1. The Hall–Kier alpha value is -0.610. The maximum atomic E-state index is 12.2. The quantitative estimate of drug-likeness (QED) is 0.754. The van der Waals surface area contributed by atoms with E-state index in [0.717, 1.165) is 39.0 Å². The molecule has 2 aliphatic heterocycles. The molecule has 0 aromatic heterocycles. The summed E-state index contributed by atoms with van der Waals surface area (Å²) in [5.41, 5.74) is -0.157. The third kappa shape index (κ3) is 3.42. The highest BCUT2D eigenvalue weighted by Gasteiger charge is 2.33. The number of hydrogen-bond acceptors (Lipinski definition) is 3. The predicted octanol–water partition coefficient (Wildman–Crippen LogP) is 0.917. The lowest BCUT2D eigenvalue weighted by molar-refractivity contribution is -0.129. The Morgan fingerprint density at radius 1 is 1.47 bits per heavy atom. The van der Waals surface area contributed by atoms with Gasteiger partial charge in [0.05, 0.1) is 18.1 Å². The van der Waals surface area contributed by atoms with E-state index < -0.39 is 0 Å². The lowest BCUT2D eigenvalue weighted by Gasteiger charge is -2.36. The zero-order valence-corrected chi connectivity index (χ0v) is 10.9. The number of amides is 1. The molecule has 1 amide bonds. The Kier molecular flexibility index (Phi) is 4.05. The van der Waals surface area contributed by atoms with E-state index in [9.17, 15) is 4.79 Å². The molecule has 0 spiro atoms. The van der Waals surface area contributed by atoms with Gasteiger partial charge in [0.25, 0.3) is 0 Å². The minimum absolute atomic E-state index is 0.123. The second-order valence-electron chi connectivity index (χ2n) is 5.90. The number of rotatable bonds is 2. The molecule has 4 heteroatoms. The van der Waals surface area contributed by atoms with Crippen molar-refractivity contribution in [2.75, 3.05) is 26.3 Å². The van der Waals surface area contributed by atoms with Gasteiger partial charge in [0, 0.05) is 13.2 Å². The molecule has 4 nitrogen and oxygen atoms in total. The number of piperidine rings is 1. The third-order valence-corrected chi connectivity index (χ3v) is 3.80. The smallest absolute Gasteiger partial charge is 0.224 e. The topological polar surface area (TPSA) is 50.4 Å². The zero-order valence-electron chi connectivity index (χ0n) is 10.9. The second kappa shape index (κ2) is 5.36. The summed E-state index contributed by atoms with van der Waals surface area (Å²) in [5.74, 6) is 0.907. The summed E-state index contributed by atoms with van der Waals surface area (Å²) < 4.78 is 5.46. The standard InChI is InChI=1S/C13H24N2O2/c1-10-6-11(8-14-7-10)12(16)15-13(2)4-3-5-17-9-13/h10-11,14H,3-9H2,1-2H3,(H,15,16). The molecule has 2 N–H and O–H groups in total. The van der Waals surface area contributed by atoms with Gasteiger partial charge >= 0.3 is 0 Å². The van der Waals surface area contributed by atoms with E-state index in [1.54, 1.807) is 0 Å². The molecule has 0 saturated carbocycles. The largest absolute Gasteiger partial charge is 0.379 e. The monoisotopic (exact) mass is 240 g/mol. The lowest BCUT2D eigenvalue weighted by Crippen LogP contribution is -2.55. The number of hydrogen-bond donors (Lipinski definition) is 2. The fraction of sp³-hybridized carbons (Fsp3) is 0.923. The first-order chi connectivity index (χ1) is 8.09. The molecule has 0 aliphatic carbocycles. The Balaban J connectivity index is 1.87. The van der Waals surface area contributed by atoms with Crippen LogP contribution in [0, 0.1) is 11.8 Å². The van der Waals surface area contributed by atoms with Gasteiger partial charge in [-0.2, -0.15) is 0 Å². The van der Waals surface area contributed by atoms with Gasteiger partial charge in [0.2, 0.25) is 5.91 Å². The first kappa shape index (κ1) is 12.8. The van der Waals surface area contributed by atoms with Crippen molar-refractivity contribution in [3.63, 3.8) is 0 Å². The van der Waals surface area contributed by atoms with Gasteiger partial charge in [-0.3, -0.25) is 4.79 Å². The average molecular weight is 240 g/mol. The van der Waals surface area contributed by atoms with E-state index in [2.05, 4.69) is 24.5 Å². The van der Waals surface area contributed by atoms with Crippen LogP contribution in [0.1, 0.15) is 33.1 Å². The molecule has 0 radical (unpaired) electrons. The van der Waals surface area contributed by atoms with Crippen molar-refractivity contribution in [3.05, 3.63) is 0 Å². The molecule has 0 aromatic carbocycles. The van der Waals surface area contributed by atoms with Crippen LogP contribution < -0.4 is 10.6 Å². The second-order valence-corrected chi connectivity index (χ2v) is 5.90. The number of carbonyl (C=O) groups excluding carboxylic acids is 1. The molecular formula is C13H24N2O2. The van der Waals surface area contributed by atoms with E-state index in [4.69, 9.17) is 4.74 Å². The van der Waals surface area contributed by atoms with Crippen molar-refractivity contribution < 1.29 is 9.53 Å². The third-order valence-electron chi connectivity index (χ3n) is 3.80. The van der Waals surface area contributed by atoms with Gasteiger partial charge in [0.15, 0.2) is 0 Å². The van der Waals surface area contributed by atoms with Crippen LogP contribution in [-0.2, 0) is 9.53 Å². The molecular weight excluding hydrogens is 216 g/mol. The fourth-order valence-electron chi connectivity index (χ4n) is 2.79. The van der Waals surface area contributed by atoms with Crippen molar-refractivity contribution in [3.8, 4) is 0 Å². The van der Waals surface area contributed by atoms with Crippen LogP contribution in [0.4, 0.5) is 0 Å². The highest BCUT2D eigenvalue weighted by Crippen LogP contribution is 2.21. The Morgan fingerprint density at radius 2 is 2.29 bits per heavy atom. The van der Waals surface area contributed by atoms with E-state index in [0.29, 0.717) is 12.5 Å². The maximum absolute atomic E-state index is 12.2. The van der Waals surface area contributed by atoms with Crippen LogP contribution in [-0.4, -0.2) is 37.7 Å². The predicted molar refractivity (Wildman–Crippen MR) is 66.7 cm³/mol. The SMILES string of the molecule is CC1CNCC(C(=O)NC2(C)CCCOC2)C1. The van der Waals surface area contributed by atoms with Gasteiger partial charge in [-0.1, -0.05) is 6.92 Å². The van der Waals surface area contributed by atoms with Crippen molar-refractivity contribution in [1.29, 1.82) is 0 Å². The molecule has 3 unspecified atom stereocenters. The van der Waals surface area contributed by atoms with E-state index in [1.165, 1.54) is 0 Å². The Labute approximate surface area is 103 Å². The normalized spacial score (nSPS) is 38.7. The Morgan fingerprint density at radius 3 is 2.94 bits per heavy atom. The lowest BCUT2D eigenvalue weighted by atomic mass is 9.89. The average Bonchev–Trinajstić information content (AvgIpc) is 2.29. The summed E-state index contributed by atoms with van der Waals surface area (Å²) in [6.45, 7) is 7.60. The van der Waals surface area contributed by atoms with Gasteiger partial charge in [-0.15, -0.1) is 0 Å². The van der Waals surface area contributed by atoms with Crippen LogP contribution >= 0.6 is 0 Å². The molecule has 2 heterocycles. The molecule has 0 bridgehead atoms. The summed E-state index contributed by atoms with van der Waals surface area (Å²) in [5, 5.41) is 6.50. The van der Waals surface area contributed by atoms with Crippen LogP contribution in [0.3, 0.4) is 0 Å². The summed E-state index contributed by atoms with van der Waals surface area (Å²) in [7, 11) is 0. The van der Waals surface area contributed by atoms with E-state index in [1.807, 2.05) is 0 Å². The van der Waals surface area contributed by atoms with Gasteiger partial charge < -0.3 is 15.4 Å². The van der Waals surface area contributed by atoms with Crippen LogP contribution in [0.15, 0.2) is 0 Å². The van der Waals surface area contributed by atoms with Crippen LogP contribution in [0.5, 0.6) is 0 Å². The van der Waals surface area contributed by atoms with E-state index in [-0.39, 0.29) is 17.4 Å². The molecule has 2 rings (SSSR count). The molecule has 98 valence electrons. The summed E-state index contributed by atoms with van der Waals surface area (Å²) in [4.78, 5) is 12.2. The highest BCUT2D eigenvalue weighted by atomic mass is 16.5. The highest BCUT2D eigenvalue weighted by molar-refractivity contribution is 5.79. The summed E-state index contributed by atoms with van der Waals surface area (Å²) >= 11 is 0. The zero-order chi connectivity index (χ0) is 12.3. The fourth-order valence-corrected chi connectivity index (χ4v) is 2.79. The molecule has 3 atom stereocenters. The maximum Gasteiger partial charge on any atom is 0.224 e. The molecule has 17 heavy (non-hydrogen) atoms. The number of ether oxygens (including phenoxy) is 1. The Bertz CT molecular complexity index is 275. The first-order valence-electron chi connectivity index (χ1n) is 6.69. The molecule has 2 saturated heterocycles. The minimum Gasteiger partial charge on any atom is -0.379 e. The minimum atomic E-state index is -0.157. The van der Waals surface area contributed by atoms with Gasteiger partial charge in [-0.05, 0) is 38.6 Å². The van der Waals surface area contributed by atoms with Crippen LogP contribution in [0.25, 0.3) is 0 Å². The molecule has 0 aromatic rings. The first-order valence-corrected chi connectivity index (χ1v) is 6.69. The van der Waals surface area contributed by atoms with Crippen molar-refractivity contribution >= 4 is 5.91 Å². The van der Waals surface area contributed by atoms with Crippen molar-refractivity contribution in [2.24, 2.45) is 11.8 Å². The molecule has 2 fully saturated rings. The number of nitrogens with one attached hydrogen (secondary N) is 2. The van der Waals surface area contributed by atoms with Gasteiger partial charge in [0.1, 0.15) is 0 Å².